The molecule has 1 N–H and O–H groups in total. The van der Waals surface area contributed by atoms with Gasteiger partial charge in [0.25, 0.3) is 0 Å². The first kappa shape index (κ1) is 13.5. The van der Waals surface area contributed by atoms with E-state index in [-0.39, 0.29) is 11.0 Å². The van der Waals surface area contributed by atoms with Crippen molar-refractivity contribution in [3.63, 3.8) is 0 Å². The molecule has 1 aromatic carbocycles. The predicted molar refractivity (Wildman–Crippen MR) is 75.9 cm³/mol. The van der Waals surface area contributed by atoms with Crippen LogP contribution in [0.4, 0.5) is 0 Å². The molecule has 5 nitrogen and oxygen atoms in total. The lowest BCUT2D eigenvalue weighted by Gasteiger charge is -2.12. The Morgan fingerprint density at radius 3 is 2.95 bits per heavy atom. The molecule has 0 bridgehead atoms. The summed E-state index contributed by atoms with van der Waals surface area (Å²) in [5, 5.41) is 0.812. The molecular weight excluding hydrogens is 276 g/mol. The van der Waals surface area contributed by atoms with Gasteiger partial charge in [-0.1, -0.05) is 18.2 Å². The third-order valence-electron chi connectivity index (χ3n) is 3.41. The van der Waals surface area contributed by atoms with E-state index in [1.807, 2.05) is 12.1 Å². The second-order valence-electron chi connectivity index (χ2n) is 4.82. The summed E-state index contributed by atoms with van der Waals surface area (Å²) in [6, 6.07) is 8.79. The Kier molecular flexibility index (Phi) is 3.69. The van der Waals surface area contributed by atoms with Crippen LogP contribution in [0.25, 0.3) is 10.9 Å². The van der Waals surface area contributed by atoms with Crippen molar-refractivity contribution in [2.24, 2.45) is 0 Å². The van der Waals surface area contributed by atoms with Gasteiger partial charge < -0.3 is 4.74 Å². The monoisotopic (exact) mass is 292 g/mol. The topological polar surface area (TPSA) is 68.3 Å². The minimum Gasteiger partial charge on any atom is -0.377 e. The summed E-state index contributed by atoms with van der Waals surface area (Å²) in [6.07, 6.45) is 3.47. The number of hydrogen-bond acceptors (Lipinski definition) is 4. The predicted octanol–water partition coefficient (Wildman–Crippen LogP) is 1.69. The van der Waals surface area contributed by atoms with E-state index in [2.05, 4.69) is 9.71 Å². The zero-order valence-corrected chi connectivity index (χ0v) is 11.8. The van der Waals surface area contributed by atoms with Crippen molar-refractivity contribution in [3.05, 3.63) is 36.5 Å². The Balaban J connectivity index is 1.88. The lowest BCUT2D eigenvalue weighted by Crippen LogP contribution is -2.32. The van der Waals surface area contributed by atoms with Crippen LogP contribution in [0, 0.1) is 0 Å². The Morgan fingerprint density at radius 1 is 1.30 bits per heavy atom. The van der Waals surface area contributed by atoms with Crippen molar-refractivity contribution in [3.8, 4) is 0 Å². The SMILES string of the molecule is O=S(=O)(NCC1CCCO1)c1cccc2cccnc12. The second kappa shape index (κ2) is 5.47. The fourth-order valence-electron chi connectivity index (χ4n) is 2.38. The summed E-state index contributed by atoms with van der Waals surface area (Å²) in [5.41, 5.74) is 0.495. The highest BCUT2D eigenvalue weighted by atomic mass is 32.2. The molecule has 1 atom stereocenters. The maximum absolute atomic E-state index is 12.4. The second-order valence-corrected chi connectivity index (χ2v) is 6.55. The largest absolute Gasteiger partial charge is 0.377 e. The standard InChI is InChI=1S/C14H16N2O3S/c17-20(18,16-10-12-6-3-9-19-12)13-7-1-4-11-5-2-8-15-14(11)13/h1-2,4-5,7-8,12,16H,3,6,9-10H2. The minimum atomic E-state index is -3.57. The normalized spacial score (nSPS) is 19.5. The van der Waals surface area contributed by atoms with Crippen LogP contribution in [-0.4, -0.2) is 32.7 Å². The number of ether oxygens (including phenoxy) is 1. The molecule has 1 aliphatic heterocycles. The Labute approximate surface area is 118 Å². The first-order chi connectivity index (χ1) is 9.67. The molecule has 2 aromatic rings. The van der Waals surface area contributed by atoms with Crippen LogP contribution in [0.5, 0.6) is 0 Å². The van der Waals surface area contributed by atoms with Gasteiger partial charge in [-0.3, -0.25) is 4.98 Å². The molecule has 3 rings (SSSR count). The Hall–Kier alpha value is -1.50. The van der Waals surface area contributed by atoms with Crippen LogP contribution >= 0.6 is 0 Å². The van der Waals surface area contributed by atoms with Crippen molar-refractivity contribution in [1.29, 1.82) is 0 Å². The molecular formula is C14H16N2O3S. The van der Waals surface area contributed by atoms with E-state index in [0.29, 0.717) is 18.7 Å². The fourth-order valence-corrected chi connectivity index (χ4v) is 3.62. The lowest BCUT2D eigenvalue weighted by atomic mass is 10.2. The van der Waals surface area contributed by atoms with Crippen molar-refractivity contribution >= 4 is 20.9 Å². The van der Waals surface area contributed by atoms with Crippen LogP contribution < -0.4 is 4.72 Å². The molecule has 6 heteroatoms. The van der Waals surface area contributed by atoms with Crippen LogP contribution in [0.15, 0.2) is 41.4 Å². The van der Waals surface area contributed by atoms with Crippen LogP contribution in [0.2, 0.25) is 0 Å². The first-order valence-corrected chi connectivity index (χ1v) is 8.10. The van der Waals surface area contributed by atoms with Crippen LogP contribution in [0.1, 0.15) is 12.8 Å². The van der Waals surface area contributed by atoms with Crippen molar-refractivity contribution in [1.82, 2.24) is 9.71 Å². The maximum Gasteiger partial charge on any atom is 0.242 e. The molecule has 1 unspecified atom stereocenters. The van der Waals surface area contributed by atoms with Gasteiger partial charge >= 0.3 is 0 Å². The summed E-state index contributed by atoms with van der Waals surface area (Å²) in [5.74, 6) is 0. The van der Waals surface area contributed by atoms with Gasteiger partial charge in [0.1, 0.15) is 4.90 Å². The van der Waals surface area contributed by atoms with Gasteiger partial charge in [0.15, 0.2) is 0 Å². The number of hydrogen-bond donors (Lipinski definition) is 1. The van der Waals surface area contributed by atoms with Gasteiger partial charge in [-0.2, -0.15) is 0 Å². The summed E-state index contributed by atoms with van der Waals surface area (Å²) in [6.45, 7) is 1.02. The number of pyridine rings is 1. The minimum absolute atomic E-state index is 0.0206. The smallest absolute Gasteiger partial charge is 0.242 e. The van der Waals surface area contributed by atoms with E-state index in [4.69, 9.17) is 4.74 Å². The Bertz CT molecular complexity index is 704. The van der Waals surface area contributed by atoms with Gasteiger partial charge in [-0.15, -0.1) is 0 Å². The third-order valence-corrected chi connectivity index (χ3v) is 4.87. The summed E-state index contributed by atoms with van der Waals surface area (Å²) < 4.78 is 32.8. The number of fused-ring (bicyclic) bond motifs is 1. The molecule has 1 fully saturated rings. The quantitative estimate of drug-likeness (QED) is 0.931. The summed E-state index contributed by atoms with van der Waals surface area (Å²) in [4.78, 5) is 4.39. The molecule has 20 heavy (non-hydrogen) atoms. The molecule has 0 saturated carbocycles. The number of nitrogens with one attached hydrogen (secondary N) is 1. The molecule has 106 valence electrons. The molecule has 0 radical (unpaired) electrons. The number of para-hydroxylation sites is 1. The zero-order valence-electron chi connectivity index (χ0n) is 11.0. The average molecular weight is 292 g/mol. The third kappa shape index (κ3) is 2.67. The van der Waals surface area contributed by atoms with Crippen LogP contribution in [-0.2, 0) is 14.8 Å². The maximum atomic E-state index is 12.4. The van der Waals surface area contributed by atoms with E-state index in [1.165, 1.54) is 0 Å². The molecule has 0 amide bonds. The lowest BCUT2D eigenvalue weighted by molar-refractivity contribution is 0.114. The van der Waals surface area contributed by atoms with Crippen molar-refractivity contribution < 1.29 is 13.2 Å². The number of nitrogens with zero attached hydrogens (tertiary/aromatic N) is 1. The number of sulfonamides is 1. The summed E-state index contributed by atoms with van der Waals surface area (Å²) in [7, 11) is -3.57. The fraction of sp³-hybridized carbons (Fsp3) is 0.357. The molecule has 0 aliphatic carbocycles. The Morgan fingerprint density at radius 2 is 2.15 bits per heavy atom. The summed E-state index contributed by atoms with van der Waals surface area (Å²) >= 11 is 0. The highest BCUT2D eigenvalue weighted by Gasteiger charge is 2.22. The highest BCUT2D eigenvalue weighted by Crippen LogP contribution is 2.20. The van der Waals surface area contributed by atoms with E-state index >= 15 is 0 Å². The molecule has 1 aromatic heterocycles. The van der Waals surface area contributed by atoms with E-state index < -0.39 is 10.0 Å². The number of benzene rings is 1. The molecule has 1 saturated heterocycles. The van der Waals surface area contributed by atoms with Gasteiger partial charge in [0.2, 0.25) is 10.0 Å². The van der Waals surface area contributed by atoms with Gasteiger partial charge in [-0.05, 0) is 25.0 Å². The number of rotatable bonds is 4. The van der Waals surface area contributed by atoms with E-state index in [9.17, 15) is 8.42 Å². The highest BCUT2D eigenvalue weighted by molar-refractivity contribution is 7.89. The van der Waals surface area contributed by atoms with Gasteiger partial charge in [-0.25, -0.2) is 13.1 Å². The molecule has 1 aliphatic rings. The van der Waals surface area contributed by atoms with Gasteiger partial charge in [0.05, 0.1) is 11.6 Å². The molecule has 0 spiro atoms. The first-order valence-electron chi connectivity index (χ1n) is 6.62. The zero-order chi connectivity index (χ0) is 14.0. The van der Waals surface area contributed by atoms with Crippen LogP contribution in [0.3, 0.4) is 0 Å². The average Bonchev–Trinajstić information content (AvgIpc) is 2.98. The van der Waals surface area contributed by atoms with E-state index in [0.717, 1.165) is 18.2 Å². The van der Waals surface area contributed by atoms with Gasteiger partial charge in [0, 0.05) is 24.7 Å². The van der Waals surface area contributed by atoms with Crippen molar-refractivity contribution in [2.75, 3.05) is 13.2 Å². The van der Waals surface area contributed by atoms with E-state index in [1.54, 1.807) is 24.4 Å². The van der Waals surface area contributed by atoms with Crippen molar-refractivity contribution in [2.45, 2.75) is 23.8 Å². The molecule has 2 heterocycles. The number of aromatic nitrogens is 1.